The Labute approximate surface area is 200 Å². The quantitative estimate of drug-likeness (QED) is 0.417. The highest BCUT2D eigenvalue weighted by Crippen LogP contribution is 2.38. The molecule has 1 aliphatic rings. The van der Waals surface area contributed by atoms with Crippen molar-refractivity contribution in [2.24, 2.45) is 5.10 Å². The van der Waals surface area contributed by atoms with Gasteiger partial charge in [-0.05, 0) is 47.9 Å². The number of carbonyl (C=O) groups is 1. The monoisotopic (exact) mass is 506 g/mol. The summed E-state index contributed by atoms with van der Waals surface area (Å²) < 4.78 is 13.2. The van der Waals surface area contributed by atoms with Crippen molar-refractivity contribution in [3.8, 4) is 11.5 Å². The van der Waals surface area contributed by atoms with Gasteiger partial charge in [0.1, 0.15) is 18.1 Å². The molecule has 3 aromatic carbocycles. The molecule has 1 heterocycles. The first-order valence-corrected chi connectivity index (χ1v) is 11.2. The van der Waals surface area contributed by atoms with Gasteiger partial charge in [0, 0.05) is 11.4 Å². The number of rotatable bonds is 7. The third-order valence-electron chi connectivity index (χ3n) is 5.17. The van der Waals surface area contributed by atoms with Gasteiger partial charge < -0.3 is 14.6 Å². The van der Waals surface area contributed by atoms with Crippen LogP contribution in [0.25, 0.3) is 0 Å². The van der Waals surface area contributed by atoms with Crippen LogP contribution in [0.15, 0.2) is 89.0 Å². The number of phenols is 1. The van der Waals surface area contributed by atoms with Crippen LogP contribution in [0, 0.1) is 0 Å². The topological polar surface area (TPSA) is 71.4 Å². The molecule has 1 amide bonds. The lowest BCUT2D eigenvalue weighted by Gasteiger charge is -2.21. The van der Waals surface area contributed by atoms with E-state index in [1.165, 1.54) is 11.9 Å². The van der Waals surface area contributed by atoms with Crippen LogP contribution in [0.4, 0.5) is 0 Å². The molecule has 168 valence electrons. The molecule has 0 fully saturated rings. The van der Waals surface area contributed by atoms with E-state index in [0.717, 1.165) is 10.0 Å². The molecule has 0 aliphatic carbocycles. The van der Waals surface area contributed by atoms with E-state index in [1.54, 1.807) is 18.2 Å². The number of ether oxygens (including phenoxy) is 2. The Balaban J connectivity index is 1.62. The van der Waals surface area contributed by atoms with Gasteiger partial charge in [0.25, 0.3) is 0 Å². The molecular weight excluding hydrogens is 484 g/mol. The molecule has 7 heteroatoms. The Bertz CT molecular complexity index is 1210. The predicted octanol–water partition coefficient (Wildman–Crippen LogP) is 5.70. The molecule has 1 N–H and O–H groups in total. The van der Waals surface area contributed by atoms with E-state index in [0.29, 0.717) is 35.5 Å². The van der Waals surface area contributed by atoms with Gasteiger partial charge in [-0.1, -0.05) is 58.4 Å². The number of halogens is 1. The molecular formula is C26H23BrN2O4. The van der Waals surface area contributed by atoms with Gasteiger partial charge in [0.05, 0.1) is 11.1 Å². The summed E-state index contributed by atoms with van der Waals surface area (Å²) in [6, 6.07) is 20.6. The Morgan fingerprint density at radius 3 is 2.67 bits per heavy atom. The number of nitrogens with zero attached hydrogens (tertiary/aromatic N) is 2. The standard InChI is InChI=1S/C26H23BrN2O4/c1-3-7-19-8-6-10-22(24(19)31)26-29(17(2)30)28-25(33-26)21-9-4-5-11-23(21)32-16-18-12-14-20(27)15-13-18/h3-6,8-15,26,31H,1,7,16H2,2H3. The number of phenolic OH excluding ortho intramolecular Hbond substituents is 1. The summed E-state index contributed by atoms with van der Waals surface area (Å²) in [5.41, 5.74) is 2.78. The molecule has 6 nitrogen and oxygen atoms in total. The summed E-state index contributed by atoms with van der Waals surface area (Å²) in [5.74, 6) is 0.574. The van der Waals surface area contributed by atoms with Crippen LogP contribution < -0.4 is 4.74 Å². The van der Waals surface area contributed by atoms with Crippen molar-refractivity contribution < 1.29 is 19.4 Å². The third kappa shape index (κ3) is 4.93. The number of carbonyl (C=O) groups excluding carboxylic acids is 1. The van der Waals surface area contributed by atoms with Crippen molar-refractivity contribution in [3.63, 3.8) is 0 Å². The van der Waals surface area contributed by atoms with Gasteiger partial charge in [-0.15, -0.1) is 11.7 Å². The lowest BCUT2D eigenvalue weighted by molar-refractivity contribution is -0.135. The van der Waals surface area contributed by atoms with Gasteiger partial charge in [-0.3, -0.25) is 4.79 Å². The molecule has 1 unspecified atom stereocenters. The summed E-state index contributed by atoms with van der Waals surface area (Å²) in [6.07, 6.45) is 1.31. The van der Waals surface area contributed by atoms with E-state index >= 15 is 0 Å². The minimum Gasteiger partial charge on any atom is -0.507 e. The first kappa shape index (κ1) is 22.6. The second-order valence-electron chi connectivity index (χ2n) is 7.50. The molecule has 0 saturated heterocycles. The molecule has 4 rings (SSSR count). The fraction of sp³-hybridized carbons (Fsp3) is 0.154. The summed E-state index contributed by atoms with van der Waals surface area (Å²) in [4.78, 5) is 12.4. The van der Waals surface area contributed by atoms with Crippen molar-refractivity contribution >= 4 is 27.7 Å². The van der Waals surface area contributed by atoms with Crippen LogP contribution in [-0.4, -0.2) is 21.9 Å². The second-order valence-corrected chi connectivity index (χ2v) is 8.41. The van der Waals surface area contributed by atoms with Crippen LogP contribution in [0.5, 0.6) is 11.5 Å². The van der Waals surface area contributed by atoms with Gasteiger partial charge in [-0.2, -0.15) is 5.01 Å². The zero-order valence-electron chi connectivity index (χ0n) is 18.1. The van der Waals surface area contributed by atoms with E-state index in [2.05, 4.69) is 27.6 Å². The molecule has 1 aliphatic heterocycles. The molecule has 0 aromatic heterocycles. The number of hydrogen-bond acceptors (Lipinski definition) is 5. The number of aromatic hydroxyl groups is 1. The number of benzene rings is 3. The SMILES string of the molecule is C=CCc1cccc(C2OC(c3ccccc3OCc3ccc(Br)cc3)=NN2C(C)=O)c1O. The zero-order valence-corrected chi connectivity index (χ0v) is 19.7. The minimum atomic E-state index is -0.887. The van der Waals surface area contributed by atoms with E-state index in [1.807, 2.05) is 54.6 Å². The number of allylic oxidation sites excluding steroid dienone is 1. The predicted molar refractivity (Wildman–Crippen MR) is 130 cm³/mol. The van der Waals surface area contributed by atoms with Crippen LogP contribution in [-0.2, 0) is 22.6 Å². The van der Waals surface area contributed by atoms with Gasteiger partial charge in [0.2, 0.25) is 18.0 Å². The second kappa shape index (κ2) is 9.92. The summed E-state index contributed by atoms with van der Waals surface area (Å²) in [5, 5.41) is 16.4. The Kier molecular flexibility index (Phi) is 6.79. The van der Waals surface area contributed by atoms with E-state index in [4.69, 9.17) is 9.47 Å². The van der Waals surface area contributed by atoms with Gasteiger partial charge in [-0.25, -0.2) is 0 Å². The zero-order chi connectivity index (χ0) is 23.4. The molecule has 0 radical (unpaired) electrons. The van der Waals surface area contributed by atoms with Crippen molar-refractivity contribution in [1.29, 1.82) is 0 Å². The number of amides is 1. The highest BCUT2D eigenvalue weighted by molar-refractivity contribution is 9.10. The van der Waals surface area contributed by atoms with Gasteiger partial charge >= 0.3 is 0 Å². The van der Waals surface area contributed by atoms with Gasteiger partial charge in [0.15, 0.2) is 0 Å². The maximum Gasteiger partial charge on any atom is 0.244 e. The highest BCUT2D eigenvalue weighted by atomic mass is 79.9. The number of para-hydroxylation sites is 2. The maximum atomic E-state index is 12.4. The Morgan fingerprint density at radius 1 is 1.18 bits per heavy atom. The summed E-state index contributed by atoms with van der Waals surface area (Å²) in [6.45, 7) is 5.50. The van der Waals surface area contributed by atoms with E-state index in [9.17, 15) is 9.90 Å². The average molecular weight is 507 g/mol. The first-order valence-electron chi connectivity index (χ1n) is 10.4. The number of hydrazone groups is 1. The van der Waals surface area contributed by atoms with Crippen LogP contribution in [0.2, 0.25) is 0 Å². The van der Waals surface area contributed by atoms with Crippen LogP contribution >= 0.6 is 15.9 Å². The van der Waals surface area contributed by atoms with E-state index in [-0.39, 0.29) is 17.6 Å². The fourth-order valence-corrected chi connectivity index (χ4v) is 3.78. The number of hydrogen-bond donors (Lipinski definition) is 1. The van der Waals surface area contributed by atoms with Crippen molar-refractivity contribution in [3.05, 3.63) is 106 Å². The molecule has 33 heavy (non-hydrogen) atoms. The summed E-state index contributed by atoms with van der Waals surface area (Å²) in [7, 11) is 0. The van der Waals surface area contributed by atoms with Crippen LogP contribution in [0.1, 0.15) is 35.4 Å². The Hall–Kier alpha value is -3.58. The molecule has 0 saturated carbocycles. The van der Waals surface area contributed by atoms with E-state index < -0.39 is 6.23 Å². The Morgan fingerprint density at radius 2 is 1.94 bits per heavy atom. The first-order chi connectivity index (χ1) is 16.0. The molecule has 3 aromatic rings. The minimum absolute atomic E-state index is 0.0601. The smallest absolute Gasteiger partial charge is 0.244 e. The average Bonchev–Trinajstić information content (AvgIpc) is 3.26. The lowest BCUT2D eigenvalue weighted by atomic mass is 10.0. The van der Waals surface area contributed by atoms with Crippen molar-refractivity contribution in [2.75, 3.05) is 0 Å². The highest BCUT2D eigenvalue weighted by Gasteiger charge is 2.36. The lowest BCUT2D eigenvalue weighted by Crippen LogP contribution is -2.25. The normalized spacial score (nSPS) is 15.0. The molecule has 1 atom stereocenters. The van der Waals surface area contributed by atoms with Crippen molar-refractivity contribution in [2.45, 2.75) is 26.2 Å². The van der Waals surface area contributed by atoms with Crippen molar-refractivity contribution in [1.82, 2.24) is 5.01 Å². The maximum absolute atomic E-state index is 12.4. The summed E-state index contributed by atoms with van der Waals surface area (Å²) >= 11 is 3.43. The largest absolute Gasteiger partial charge is 0.507 e. The third-order valence-corrected chi connectivity index (χ3v) is 5.70. The molecule has 0 spiro atoms. The fourth-order valence-electron chi connectivity index (χ4n) is 3.52. The molecule has 0 bridgehead atoms. The van der Waals surface area contributed by atoms with Crippen LogP contribution in [0.3, 0.4) is 0 Å².